The van der Waals surface area contributed by atoms with E-state index < -0.39 is 5.91 Å². The Labute approximate surface area is 79.1 Å². The lowest BCUT2D eigenvalue weighted by atomic mass is 10.2. The zero-order valence-electron chi connectivity index (χ0n) is 7.25. The van der Waals surface area contributed by atoms with Gasteiger partial charge in [-0.3, -0.25) is 9.59 Å². The van der Waals surface area contributed by atoms with Crippen molar-refractivity contribution in [3.63, 3.8) is 0 Å². The van der Waals surface area contributed by atoms with Crippen molar-refractivity contribution in [1.82, 2.24) is 4.90 Å². The zero-order valence-corrected chi connectivity index (χ0v) is 7.25. The molecular formula is C9H18N2O2. The Morgan fingerprint density at radius 1 is 1.69 bits per heavy atom. The standard InChI is InChI=1S/C8H14N2O2.CH4/c1-2-6(8(9)12)10-5-3-4-7(10)11;/h6H,2-5H2,1H3,(H2,9,12);1H4. The quantitative estimate of drug-likeness (QED) is 0.698. The summed E-state index contributed by atoms with van der Waals surface area (Å²) >= 11 is 0. The molecule has 0 saturated carbocycles. The van der Waals surface area contributed by atoms with Gasteiger partial charge in [-0.25, -0.2) is 0 Å². The highest BCUT2D eigenvalue weighted by atomic mass is 16.2. The second kappa shape index (κ2) is 4.84. The summed E-state index contributed by atoms with van der Waals surface area (Å²) in [5, 5.41) is 0. The van der Waals surface area contributed by atoms with Crippen molar-refractivity contribution in [2.24, 2.45) is 5.73 Å². The third-order valence-corrected chi connectivity index (χ3v) is 2.20. The average Bonchev–Trinajstić information content (AvgIpc) is 2.38. The predicted molar refractivity (Wildman–Crippen MR) is 51.0 cm³/mol. The van der Waals surface area contributed by atoms with E-state index in [9.17, 15) is 9.59 Å². The van der Waals surface area contributed by atoms with E-state index in [1.165, 1.54) is 0 Å². The van der Waals surface area contributed by atoms with Crippen LogP contribution in [0.5, 0.6) is 0 Å². The second-order valence-corrected chi connectivity index (χ2v) is 3.02. The van der Waals surface area contributed by atoms with Crippen LogP contribution in [0.4, 0.5) is 0 Å². The van der Waals surface area contributed by atoms with E-state index >= 15 is 0 Å². The topological polar surface area (TPSA) is 63.4 Å². The molecule has 1 rings (SSSR count). The molecular weight excluding hydrogens is 168 g/mol. The summed E-state index contributed by atoms with van der Waals surface area (Å²) in [4.78, 5) is 23.7. The summed E-state index contributed by atoms with van der Waals surface area (Å²) in [6.45, 7) is 2.54. The fourth-order valence-electron chi connectivity index (χ4n) is 1.57. The average molecular weight is 186 g/mol. The van der Waals surface area contributed by atoms with Gasteiger partial charge >= 0.3 is 0 Å². The Hall–Kier alpha value is -1.06. The Kier molecular flexibility index (Phi) is 4.45. The molecule has 1 saturated heterocycles. The van der Waals surface area contributed by atoms with Gasteiger partial charge in [-0.05, 0) is 12.8 Å². The Bertz CT molecular complexity index is 204. The predicted octanol–water partition coefficient (Wildman–Crippen LogP) is 0.509. The smallest absolute Gasteiger partial charge is 0.240 e. The lowest BCUT2D eigenvalue weighted by Gasteiger charge is -2.23. The van der Waals surface area contributed by atoms with Gasteiger partial charge in [0.05, 0.1) is 0 Å². The number of nitrogens with zero attached hydrogens (tertiary/aromatic N) is 1. The van der Waals surface area contributed by atoms with Crippen LogP contribution in [0.2, 0.25) is 0 Å². The van der Waals surface area contributed by atoms with Crippen LogP contribution in [-0.4, -0.2) is 29.3 Å². The zero-order chi connectivity index (χ0) is 9.14. The minimum Gasteiger partial charge on any atom is -0.368 e. The molecule has 76 valence electrons. The van der Waals surface area contributed by atoms with Gasteiger partial charge < -0.3 is 10.6 Å². The van der Waals surface area contributed by atoms with Gasteiger partial charge in [0.2, 0.25) is 11.8 Å². The fourth-order valence-corrected chi connectivity index (χ4v) is 1.57. The molecule has 2 amide bonds. The second-order valence-electron chi connectivity index (χ2n) is 3.02. The number of hydrogen-bond acceptors (Lipinski definition) is 2. The molecule has 0 spiro atoms. The first-order valence-electron chi connectivity index (χ1n) is 4.25. The van der Waals surface area contributed by atoms with E-state index in [2.05, 4.69) is 0 Å². The number of nitrogens with two attached hydrogens (primary N) is 1. The monoisotopic (exact) mass is 186 g/mol. The Balaban J connectivity index is 0.00000144. The van der Waals surface area contributed by atoms with Crippen molar-refractivity contribution in [2.45, 2.75) is 39.7 Å². The van der Waals surface area contributed by atoms with Gasteiger partial charge in [-0.2, -0.15) is 0 Å². The van der Waals surface area contributed by atoms with Gasteiger partial charge in [0.1, 0.15) is 6.04 Å². The molecule has 1 heterocycles. The van der Waals surface area contributed by atoms with Crippen molar-refractivity contribution in [3.05, 3.63) is 0 Å². The van der Waals surface area contributed by atoms with Crippen molar-refractivity contribution >= 4 is 11.8 Å². The highest BCUT2D eigenvalue weighted by molar-refractivity contribution is 5.87. The number of rotatable bonds is 3. The molecule has 2 N–H and O–H groups in total. The van der Waals surface area contributed by atoms with Gasteiger partial charge in [-0.1, -0.05) is 14.4 Å². The molecule has 1 atom stereocenters. The molecule has 0 radical (unpaired) electrons. The number of amides is 2. The fraction of sp³-hybridized carbons (Fsp3) is 0.778. The number of primary amides is 1. The van der Waals surface area contributed by atoms with Gasteiger partial charge in [0.25, 0.3) is 0 Å². The summed E-state index contributed by atoms with van der Waals surface area (Å²) < 4.78 is 0. The number of hydrogen-bond donors (Lipinski definition) is 1. The van der Waals surface area contributed by atoms with Crippen LogP contribution < -0.4 is 5.73 Å². The molecule has 0 aromatic heterocycles. The van der Waals surface area contributed by atoms with Gasteiger partial charge in [-0.15, -0.1) is 0 Å². The van der Waals surface area contributed by atoms with E-state index in [-0.39, 0.29) is 19.4 Å². The third kappa shape index (κ3) is 2.44. The molecule has 1 aliphatic heterocycles. The van der Waals surface area contributed by atoms with Crippen LogP contribution in [-0.2, 0) is 9.59 Å². The van der Waals surface area contributed by atoms with E-state index in [1.807, 2.05) is 6.92 Å². The first kappa shape index (κ1) is 11.9. The Morgan fingerprint density at radius 3 is 2.62 bits per heavy atom. The maximum Gasteiger partial charge on any atom is 0.240 e. The van der Waals surface area contributed by atoms with Crippen molar-refractivity contribution in [3.8, 4) is 0 Å². The van der Waals surface area contributed by atoms with Crippen LogP contribution in [0.25, 0.3) is 0 Å². The van der Waals surface area contributed by atoms with E-state index in [4.69, 9.17) is 5.73 Å². The molecule has 4 nitrogen and oxygen atoms in total. The number of likely N-dealkylation sites (tertiary alicyclic amines) is 1. The molecule has 1 fully saturated rings. The maximum atomic E-state index is 11.2. The lowest BCUT2D eigenvalue weighted by Crippen LogP contribution is -2.44. The van der Waals surface area contributed by atoms with E-state index in [1.54, 1.807) is 4.90 Å². The highest BCUT2D eigenvalue weighted by Gasteiger charge is 2.29. The minimum absolute atomic E-state index is 0. The summed E-state index contributed by atoms with van der Waals surface area (Å²) in [5.74, 6) is -0.339. The number of carbonyl (C=O) groups is 2. The van der Waals surface area contributed by atoms with Gasteiger partial charge in [0.15, 0.2) is 0 Å². The van der Waals surface area contributed by atoms with Crippen LogP contribution in [0.1, 0.15) is 33.6 Å². The molecule has 1 aliphatic rings. The van der Waals surface area contributed by atoms with Gasteiger partial charge in [0, 0.05) is 13.0 Å². The van der Waals surface area contributed by atoms with Crippen molar-refractivity contribution in [2.75, 3.05) is 6.54 Å². The van der Waals surface area contributed by atoms with Crippen LogP contribution >= 0.6 is 0 Å². The van der Waals surface area contributed by atoms with E-state index in [0.29, 0.717) is 19.4 Å². The summed E-state index contributed by atoms with van der Waals surface area (Å²) in [5.41, 5.74) is 5.16. The molecule has 4 heteroatoms. The summed E-state index contributed by atoms with van der Waals surface area (Å²) in [7, 11) is 0. The molecule has 0 aromatic rings. The molecule has 0 aliphatic carbocycles. The largest absolute Gasteiger partial charge is 0.368 e. The summed E-state index contributed by atoms with van der Waals surface area (Å²) in [6, 6.07) is -0.389. The summed E-state index contributed by atoms with van der Waals surface area (Å²) in [6.07, 6.45) is 2.02. The van der Waals surface area contributed by atoms with Crippen LogP contribution in [0, 0.1) is 0 Å². The normalized spacial score (nSPS) is 18.2. The SMILES string of the molecule is C.CCC(C(N)=O)N1CCCC1=O. The van der Waals surface area contributed by atoms with Crippen molar-refractivity contribution in [1.29, 1.82) is 0 Å². The van der Waals surface area contributed by atoms with Crippen molar-refractivity contribution < 1.29 is 9.59 Å². The van der Waals surface area contributed by atoms with Crippen LogP contribution in [0.15, 0.2) is 0 Å². The van der Waals surface area contributed by atoms with Crippen LogP contribution in [0.3, 0.4) is 0 Å². The van der Waals surface area contributed by atoms with E-state index in [0.717, 1.165) is 6.42 Å². The first-order chi connectivity index (χ1) is 5.66. The molecule has 0 aromatic carbocycles. The molecule has 1 unspecified atom stereocenters. The number of carbonyl (C=O) groups excluding carboxylic acids is 2. The third-order valence-electron chi connectivity index (χ3n) is 2.20. The maximum absolute atomic E-state index is 11.2. The molecule has 13 heavy (non-hydrogen) atoms. The Morgan fingerprint density at radius 2 is 2.31 bits per heavy atom. The first-order valence-corrected chi connectivity index (χ1v) is 4.25. The molecule has 0 bridgehead atoms. The minimum atomic E-state index is -0.396. The lowest BCUT2D eigenvalue weighted by molar-refractivity contribution is -0.136. The highest BCUT2D eigenvalue weighted by Crippen LogP contribution is 2.15.